The summed E-state index contributed by atoms with van der Waals surface area (Å²) in [7, 11) is 1.72. The maximum atomic E-state index is 12.6. The number of hydrogen-bond acceptors (Lipinski definition) is 4. The monoisotopic (exact) mass is 368 g/mol. The van der Waals surface area contributed by atoms with Crippen molar-refractivity contribution in [2.75, 3.05) is 20.3 Å². The highest BCUT2D eigenvalue weighted by Crippen LogP contribution is 2.31. The van der Waals surface area contributed by atoms with Gasteiger partial charge in [0, 0.05) is 19.2 Å². The fourth-order valence-electron chi connectivity index (χ4n) is 3.00. The van der Waals surface area contributed by atoms with E-state index in [4.69, 9.17) is 9.47 Å². The van der Waals surface area contributed by atoms with Gasteiger partial charge in [-0.1, -0.05) is 23.8 Å². The van der Waals surface area contributed by atoms with Crippen LogP contribution in [0, 0.1) is 6.92 Å². The molecule has 0 aliphatic carbocycles. The standard InChI is InChI=1S/C21H24N2O4/c1-14-5-4-6-17(11-14)20(24)22-15(2)21(25)23(3)13-16-7-8-18-19(12-16)27-10-9-26-18/h4-8,11-12,15H,9-10,13H2,1-3H3,(H,22,24). The molecule has 6 heteroatoms. The van der Waals surface area contributed by atoms with Gasteiger partial charge in [0.15, 0.2) is 11.5 Å². The van der Waals surface area contributed by atoms with Crippen LogP contribution in [0.4, 0.5) is 0 Å². The van der Waals surface area contributed by atoms with Crippen molar-refractivity contribution in [2.45, 2.75) is 26.4 Å². The molecule has 2 aromatic carbocycles. The molecule has 1 unspecified atom stereocenters. The van der Waals surface area contributed by atoms with Gasteiger partial charge < -0.3 is 19.7 Å². The van der Waals surface area contributed by atoms with E-state index in [9.17, 15) is 9.59 Å². The lowest BCUT2D eigenvalue weighted by molar-refractivity contribution is -0.132. The van der Waals surface area contributed by atoms with Crippen molar-refractivity contribution in [2.24, 2.45) is 0 Å². The second-order valence-electron chi connectivity index (χ2n) is 6.74. The average molecular weight is 368 g/mol. The van der Waals surface area contributed by atoms with E-state index in [1.807, 2.05) is 37.3 Å². The zero-order valence-electron chi connectivity index (χ0n) is 15.8. The van der Waals surface area contributed by atoms with Gasteiger partial charge in [-0.15, -0.1) is 0 Å². The average Bonchev–Trinajstić information content (AvgIpc) is 2.67. The molecule has 0 bridgehead atoms. The van der Waals surface area contributed by atoms with Crippen molar-refractivity contribution in [3.8, 4) is 11.5 Å². The van der Waals surface area contributed by atoms with Crippen LogP contribution in [0.15, 0.2) is 42.5 Å². The summed E-state index contributed by atoms with van der Waals surface area (Å²) in [5.74, 6) is 0.997. The molecule has 1 aliphatic rings. The number of fused-ring (bicyclic) bond motifs is 1. The number of nitrogens with one attached hydrogen (secondary N) is 1. The number of nitrogens with zero attached hydrogens (tertiary/aromatic N) is 1. The molecular formula is C21H24N2O4. The lowest BCUT2D eigenvalue weighted by Gasteiger charge is -2.23. The minimum atomic E-state index is -0.625. The quantitative estimate of drug-likeness (QED) is 0.881. The van der Waals surface area contributed by atoms with Crippen LogP contribution >= 0.6 is 0 Å². The molecule has 1 aliphatic heterocycles. The Labute approximate surface area is 159 Å². The van der Waals surface area contributed by atoms with Gasteiger partial charge in [-0.25, -0.2) is 0 Å². The van der Waals surface area contributed by atoms with Gasteiger partial charge >= 0.3 is 0 Å². The summed E-state index contributed by atoms with van der Waals surface area (Å²) in [6, 6.07) is 12.3. The highest BCUT2D eigenvalue weighted by molar-refractivity contribution is 5.97. The summed E-state index contributed by atoms with van der Waals surface area (Å²) >= 11 is 0. The Morgan fingerprint density at radius 3 is 2.59 bits per heavy atom. The smallest absolute Gasteiger partial charge is 0.251 e. The first-order chi connectivity index (χ1) is 12.9. The van der Waals surface area contributed by atoms with Crippen molar-refractivity contribution < 1.29 is 19.1 Å². The largest absolute Gasteiger partial charge is 0.486 e. The maximum Gasteiger partial charge on any atom is 0.251 e. The Kier molecular flexibility index (Phi) is 5.64. The third-order valence-electron chi connectivity index (χ3n) is 4.40. The Morgan fingerprint density at radius 1 is 1.11 bits per heavy atom. The molecule has 2 amide bonds. The van der Waals surface area contributed by atoms with Crippen LogP contribution < -0.4 is 14.8 Å². The van der Waals surface area contributed by atoms with Crippen LogP contribution in [0.25, 0.3) is 0 Å². The Morgan fingerprint density at radius 2 is 1.85 bits per heavy atom. The Balaban J connectivity index is 1.60. The van der Waals surface area contributed by atoms with Gasteiger partial charge in [0.25, 0.3) is 5.91 Å². The summed E-state index contributed by atoms with van der Waals surface area (Å²) in [5.41, 5.74) is 2.48. The van der Waals surface area contributed by atoms with Crippen LogP contribution in [0.5, 0.6) is 11.5 Å². The molecule has 0 spiro atoms. The number of aryl methyl sites for hydroxylation is 1. The van der Waals surface area contributed by atoms with Crippen molar-refractivity contribution in [1.29, 1.82) is 0 Å². The van der Waals surface area contributed by atoms with Crippen molar-refractivity contribution >= 4 is 11.8 Å². The molecule has 0 saturated heterocycles. The van der Waals surface area contributed by atoms with Crippen LogP contribution in [0.3, 0.4) is 0 Å². The second-order valence-corrected chi connectivity index (χ2v) is 6.74. The molecule has 6 nitrogen and oxygen atoms in total. The molecule has 2 aromatic rings. The van der Waals surface area contributed by atoms with Crippen LogP contribution in [-0.4, -0.2) is 43.0 Å². The van der Waals surface area contributed by atoms with E-state index < -0.39 is 6.04 Å². The third kappa shape index (κ3) is 4.58. The lowest BCUT2D eigenvalue weighted by Crippen LogP contribution is -2.45. The maximum absolute atomic E-state index is 12.6. The fourth-order valence-corrected chi connectivity index (χ4v) is 3.00. The number of carbonyl (C=O) groups excluding carboxylic acids is 2. The minimum absolute atomic E-state index is 0.161. The first kappa shape index (κ1) is 18.8. The van der Waals surface area contributed by atoms with Crippen LogP contribution in [0.2, 0.25) is 0 Å². The number of ether oxygens (including phenoxy) is 2. The third-order valence-corrected chi connectivity index (χ3v) is 4.40. The fraction of sp³-hybridized carbons (Fsp3) is 0.333. The highest BCUT2D eigenvalue weighted by atomic mass is 16.6. The van der Waals surface area contributed by atoms with Crippen molar-refractivity contribution in [3.05, 3.63) is 59.2 Å². The number of carbonyl (C=O) groups is 2. The van der Waals surface area contributed by atoms with Gasteiger partial charge in [-0.05, 0) is 43.7 Å². The first-order valence-corrected chi connectivity index (χ1v) is 8.95. The Hall–Kier alpha value is -3.02. The predicted octanol–water partition coefficient (Wildman–Crippen LogP) is 2.54. The first-order valence-electron chi connectivity index (χ1n) is 8.95. The Bertz CT molecular complexity index is 850. The SMILES string of the molecule is Cc1cccc(C(=O)NC(C)C(=O)N(C)Cc2ccc3c(c2)OCCO3)c1. The second kappa shape index (κ2) is 8.12. The molecule has 0 aromatic heterocycles. The van der Waals surface area contributed by atoms with E-state index in [2.05, 4.69) is 5.32 Å². The van der Waals surface area contributed by atoms with Crippen LogP contribution in [-0.2, 0) is 11.3 Å². The summed E-state index contributed by atoms with van der Waals surface area (Å²) in [6.45, 7) is 5.10. The van der Waals surface area contributed by atoms with Gasteiger partial charge in [0.05, 0.1) is 0 Å². The molecule has 1 heterocycles. The zero-order chi connectivity index (χ0) is 19.4. The van der Waals surface area contributed by atoms with Crippen LogP contribution in [0.1, 0.15) is 28.4 Å². The van der Waals surface area contributed by atoms with E-state index >= 15 is 0 Å². The number of rotatable bonds is 5. The van der Waals surface area contributed by atoms with E-state index in [1.54, 1.807) is 31.0 Å². The molecule has 1 atom stereocenters. The molecule has 142 valence electrons. The normalized spacial score (nSPS) is 13.6. The summed E-state index contributed by atoms with van der Waals surface area (Å²) in [4.78, 5) is 26.6. The zero-order valence-corrected chi connectivity index (χ0v) is 15.8. The van der Waals surface area contributed by atoms with E-state index in [1.165, 1.54) is 0 Å². The van der Waals surface area contributed by atoms with Crippen molar-refractivity contribution in [3.63, 3.8) is 0 Å². The molecule has 27 heavy (non-hydrogen) atoms. The van der Waals surface area contributed by atoms with E-state index in [0.29, 0.717) is 31.1 Å². The molecule has 3 rings (SSSR count). The molecule has 0 radical (unpaired) electrons. The number of likely N-dealkylation sites (N-methyl/N-ethyl adjacent to an activating group) is 1. The van der Waals surface area contributed by atoms with Crippen molar-refractivity contribution in [1.82, 2.24) is 10.2 Å². The predicted molar refractivity (Wildman–Crippen MR) is 102 cm³/mol. The van der Waals surface area contributed by atoms with Gasteiger partial charge in [-0.3, -0.25) is 9.59 Å². The number of amides is 2. The minimum Gasteiger partial charge on any atom is -0.486 e. The molecule has 0 fully saturated rings. The molecular weight excluding hydrogens is 344 g/mol. The molecule has 0 saturated carbocycles. The topological polar surface area (TPSA) is 67.9 Å². The summed E-state index contributed by atoms with van der Waals surface area (Å²) in [5, 5.41) is 2.76. The lowest BCUT2D eigenvalue weighted by atomic mass is 10.1. The van der Waals surface area contributed by atoms with E-state index in [-0.39, 0.29) is 11.8 Å². The highest BCUT2D eigenvalue weighted by Gasteiger charge is 2.21. The van der Waals surface area contributed by atoms with Gasteiger partial charge in [-0.2, -0.15) is 0 Å². The molecule has 1 N–H and O–H groups in total. The summed E-state index contributed by atoms with van der Waals surface area (Å²) in [6.07, 6.45) is 0. The van der Waals surface area contributed by atoms with Gasteiger partial charge in [0.2, 0.25) is 5.91 Å². The van der Waals surface area contributed by atoms with Gasteiger partial charge in [0.1, 0.15) is 19.3 Å². The number of hydrogen-bond donors (Lipinski definition) is 1. The van der Waals surface area contributed by atoms with E-state index in [0.717, 1.165) is 16.9 Å². The number of benzene rings is 2. The summed E-state index contributed by atoms with van der Waals surface area (Å²) < 4.78 is 11.1.